The molecule has 0 aromatic carbocycles. The zero-order valence-corrected chi connectivity index (χ0v) is 12.4. The fourth-order valence-electron chi connectivity index (χ4n) is 2.34. The van der Waals surface area contributed by atoms with Crippen molar-refractivity contribution < 1.29 is 14.7 Å². The predicted octanol–water partition coefficient (Wildman–Crippen LogP) is 1.05. The molecule has 1 aliphatic carbocycles. The van der Waals surface area contributed by atoms with E-state index in [1.54, 1.807) is 12.2 Å². The summed E-state index contributed by atoms with van der Waals surface area (Å²) in [6, 6.07) is -0.391. The van der Waals surface area contributed by atoms with E-state index in [2.05, 4.69) is 29.4 Å². The number of aliphatic carboxylic acids is 1. The number of amides is 2. The van der Waals surface area contributed by atoms with Gasteiger partial charge in [0.15, 0.2) is 0 Å². The van der Waals surface area contributed by atoms with Crippen molar-refractivity contribution in [1.29, 1.82) is 0 Å². The quantitative estimate of drug-likeness (QED) is 0.610. The van der Waals surface area contributed by atoms with Gasteiger partial charge in [0.05, 0.1) is 12.0 Å². The van der Waals surface area contributed by atoms with Crippen LogP contribution in [-0.2, 0) is 4.79 Å². The average Bonchev–Trinajstić information content (AvgIpc) is 2.84. The Labute approximate surface area is 120 Å². The highest BCUT2D eigenvalue weighted by molar-refractivity contribution is 5.76. The van der Waals surface area contributed by atoms with Crippen LogP contribution >= 0.6 is 0 Å². The number of carbonyl (C=O) groups is 2. The Kier molecular flexibility index (Phi) is 6.51. The Balaban J connectivity index is 2.30. The first kappa shape index (κ1) is 16.5. The van der Waals surface area contributed by atoms with E-state index >= 15 is 0 Å². The third kappa shape index (κ3) is 5.21. The van der Waals surface area contributed by atoms with Gasteiger partial charge in [-0.25, -0.2) is 4.79 Å². The van der Waals surface area contributed by atoms with Crippen LogP contribution in [0, 0.1) is 5.92 Å². The van der Waals surface area contributed by atoms with Crippen LogP contribution in [0.1, 0.15) is 27.2 Å². The van der Waals surface area contributed by atoms with Crippen LogP contribution in [0.15, 0.2) is 12.2 Å². The molecule has 6 nitrogen and oxygen atoms in total. The van der Waals surface area contributed by atoms with Gasteiger partial charge in [-0.1, -0.05) is 26.0 Å². The Morgan fingerprint density at radius 2 is 2.00 bits per heavy atom. The van der Waals surface area contributed by atoms with E-state index in [9.17, 15) is 9.59 Å². The molecule has 0 heterocycles. The average molecular weight is 283 g/mol. The number of nitrogens with one attached hydrogen (secondary N) is 2. The van der Waals surface area contributed by atoms with Crippen LogP contribution in [0.5, 0.6) is 0 Å². The number of carbonyl (C=O) groups excluding carboxylic acids is 1. The van der Waals surface area contributed by atoms with Crippen molar-refractivity contribution in [1.82, 2.24) is 15.5 Å². The fraction of sp³-hybridized carbons (Fsp3) is 0.714. The van der Waals surface area contributed by atoms with Crippen molar-refractivity contribution in [3.63, 3.8) is 0 Å². The first-order valence-electron chi connectivity index (χ1n) is 7.16. The first-order valence-corrected chi connectivity index (χ1v) is 7.16. The van der Waals surface area contributed by atoms with E-state index < -0.39 is 11.9 Å². The van der Waals surface area contributed by atoms with Crippen LogP contribution in [-0.4, -0.2) is 53.7 Å². The number of carboxylic acid groups (broad SMARTS) is 1. The lowest BCUT2D eigenvalue weighted by Crippen LogP contribution is -2.48. The Morgan fingerprint density at radius 1 is 1.35 bits per heavy atom. The maximum atomic E-state index is 11.8. The number of hydrogen-bond donors (Lipinski definition) is 3. The summed E-state index contributed by atoms with van der Waals surface area (Å²) < 4.78 is 0. The standard InChI is InChI=1S/C14H25N3O3/c1-4-17(5-2)9-10(3)15-14(20)16-12-7-6-11(8-12)13(18)19/h6-7,10-12H,4-5,8-9H2,1-3H3,(H,18,19)(H2,15,16,20). The van der Waals surface area contributed by atoms with Crippen molar-refractivity contribution in [3.05, 3.63) is 12.2 Å². The number of likely N-dealkylation sites (N-methyl/N-ethyl adjacent to an activating group) is 1. The predicted molar refractivity (Wildman–Crippen MR) is 77.6 cm³/mol. The van der Waals surface area contributed by atoms with Crippen molar-refractivity contribution >= 4 is 12.0 Å². The summed E-state index contributed by atoms with van der Waals surface area (Å²) >= 11 is 0. The molecule has 0 bridgehead atoms. The molecule has 0 aromatic rings. The van der Waals surface area contributed by atoms with E-state index in [1.807, 2.05) is 6.92 Å². The molecule has 3 atom stereocenters. The van der Waals surface area contributed by atoms with Crippen LogP contribution in [0.4, 0.5) is 4.79 Å². The Bertz CT molecular complexity index is 367. The summed E-state index contributed by atoms with van der Waals surface area (Å²) in [6.45, 7) is 8.85. The largest absolute Gasteiger partial charge is 0.481 e. The van der Waals surface area contributed by atoms with Crippen molar-refractivity contribution in [3.8, 4) is 0 Å². The van der Waals surface area contributed by atoms with Gasteiger partial charge in [-0.3, -0.25) is 4.79 Å². The smallest absolute Gasteiger partial charge is 0.315 e. The Hall–Kier alpha value is -1.56. The molecule has 3 N–H and O–H groups in total. The molecular weight excluding hydrogens is 258 g/mol. The molecule has 0 aromatic heterocycles. The molecule has 3 unspecified atom stereocenters. The minimum absolute atomic E-state index is 0.0514. The van der Waals surface area contributed by atoms with E-state index in [0.29, 0.717) is 6.42 Å². The van der Waals surface area contributed by atoms with Crippen molar-refractivity contribution in [2.24, 2.45) is 5.92 Å². The van der Waals surface area contributed by atoms with Gasteiger partial charge in [0.2, 0.25) is 0 Å². The molecule has 0 aliphatic heterocycles. The van der Waals surface area contributed by atoms with Gasteiger partial charge >= 0.3 is 12.0 Å². The minimum Gasteiger partial charge on any atom is -0.481 e. The summed E-state index contributed by atoms with van der Waals surface area (Å²) in [4.78, 5) is 24.9. The second kappa shape index (κ2) is 7.89. The van der Waals surface area contributed by atoms with Crippen molar-refractivity contribution in [2.45, 2.75) is 39.3 Å². The normalized spacial score (nSPS) is 22.8. The Morgan fingerprint density at radius 3 is 2.50 bits per heavy atom. The molecular formula is C14H25N3O3. The third-order valence-corrected chi connectivity index (χ3v) is 3.52. The van der Waals surface area contributed by atoms with Crippen LogP contribution in [0.2, 0.25) is 0 Å². The SMILES string of the molecule is CCN(CC)CC(C)NC(=O)NC1C=CC(C(=O)O)C1. The number of carboxylic acids is 1. The van der Waals surface area contributed by atoms with Crippen LogP contribution < -0.4 is 10.6 Å². The molecule has 0 fully saturated rings. The summed E-state index contributed by atoms with van der Waals surface area (Å²) in [7, 11) is 0. The number of urea groups is 1. The van der Waals surface area contributed by atoms with Gasteiger partial charge < -0.3 is 20.6 Å². The summed E-state index contributed by atoms with van der Waals surface area (Å²) in [6.07, 6.45) is 3.80. The van der Waals surface area contributed by atoms with E-state index in [4.69, 9.17) is 5.11 Å². The molecule has 1 aliphatic rings. The summed E-state index contributed by atoms with van der Waals surface area (Å²) in [5.74, 6) is -1.34. The number of rotatable bonds is 7. The highest BCUT2D eigenvalue weighted by Gasteiger charge is 2.25. The van der Waals surface area contributed by atoms with Gasteiger partial charge in [-0.15, -0.1) is 0 Å². The minimum atomic E-state index is -0.846. The van der Waals surface area contributed by atoms with Crippen LogP contribution in [0.25, 0.3) is 0 Å². The molecule has 114 valence electrons. The second-order valence-electron chi connectivity index (χ2n) is 5.18. The fourth-order valence-corrected chi connectivity index (χ4v) is 2.34. The lowest BCUT2D eigenvalue weighted by Gasteiger charge is -2.24. The molecule has 0 saturated heterocycles. The molecule has 0 saturated carbocycles. The molecule has 6 heteroatoms. The lowest BCUT2D eigenvalue weighted by atomic mass is 10.1. The zero-order chi connectivity index (χ0) is 15.1. The van der Waals surface area contributed by atoms with E-state index in [-0.39, 0.29) is 18.1 Å². The highest BCUT2D eigenvalue weighted by Crippen LogP contribution is 2.17. The third-order valence-electron chi connectivity index (χ3n) is 3.52. The topological polar surface area (TPSA) is 81.7 Å². The highest BCUT2D eigenvalue weighted by atomic mass is 16.4. The van der Waals surface area contributed by atoms with E-state index in [0.717, 1.165) is 19.6 Å². The van der Waals surface area contributed by atoms with Crippen molar-refractivity contribution in [2.75, 3.05) is 19.6 Å². The lowest BCUT2D eigenvalue weighted by molar-refractivity contribution is -0.140. The number of hydrogen-bond acceptors (Lipinski definition) is 3. The van der Waals surface area contributed by atoms with Gasteiger partial charge in [-0.05, 0) is 26.4 Å². The molecule has 2 amide bonds. The van der Waals surface area contributed by atoms with Crippen LogP contribution in [0.3, 0.4) is 0 Å². The monoisotopic (exact) mass is 283 g/mol. The maximum absolute atomic E-state index is 11.8. The zero-order valence-electron chi connectivity index (χ0n) is 12.4. The molecule has 1 rings (SSSR count). The summed E-state index contributed by atoms with van der Waals surface area (Å²) in [5.41, 5.74) is 0. The second-order valence-corrected chi connectivity index (χ2v) is 5.18. The molecule has 0 radical (unpaired) electrons. The summed E-state index contributed by atoms with van der Waals surface area (Å²) in [5, 5.41) is 14.5. The first-order chi connectivity index (χ1) is 9.46. The van der Waals surface area contributed by atoms with Gasteiger partial charge in [0.1, 0.15) is 0 Å². The molecule has 0 spiro atoms. The van der Waals surface area contributed by atoms with Gasteiger partial charge in [-0.2, -0.15) is 0 Å². The van der Waals surface area contributed by atoms with Gasteiger partial charge in [0, 0.05) is 12.6 Å². The molecule has 20 heavy (non-hydrogen) atoms. The van der Waals surface area contributed by atoms with E-state index in [1.165, 1.54) is 0 Å². The van der Waals surface area contributed by atoms with Gasteiger partial charge in [0.25, 0.3) is 0 Å². The number of nitrogens with zero attached hydrogens (tertiary/aromatic N) is 1. The maximum Gasteiger partial charge on any atom is 0.315 e.